The number of hydrogen-bond acceptors (Lipinski definition) is 3. The van der Waals surface area contributed by atoms with E-state index in [2.05, 4.69) is 41.3 Å². The van der Waals surface area contributed by atoms with E-state index >= 15 is 0 Å². The molecular formula is C13H21N3. The molecule has 0 bridgehead atoms. The Balaban J connectivity index is 2.04. The molecule has 1 fully saturated rings. The van der Waals surface area contributed by atoms with E-state index < -0.39 is 0 Å². The van der Waals surface area contributed by atoms with Gasteiger partial charge >= 0.3 is 0 Å². The Morgan fingerprint density at radius 1 is 1.44 bits per heavy atom. The number of hydrogen-bond donors (Lipinski definition) is 1. The van der Waals surface area contributed by atoms with E-state index in [0.29, 0.717) is 12.0 Å². The highest BCUT2D eigenvalue weighted by atomic mass is 15.2. The minimum Gasteiger partial charge on any atom is -0.370 e. The fourth-order valence-electron chi connectivity index (χ4n) is 2.46. The monoisotopic (exact) mass is 219 g/mol. The minimum absolute atomic E-state index is 0.662. The summed E-state index contributed by atoms with van der Waals surface area (Å²) in [7, 11) is 2.06. The van der Waals surface area contributed by atoms with Crippen molar-refractivity contribution in [3.63, 3.8) is 0 Å². The molecule has 0 radical (unpaired) electrons. The highest BCUT2D eigenvalue weighted by molar-refractivity contribution is 5.45. The van der Waals surface area contributed by atoms with Gasteiger partial charge in [0.15, 0.2) is 0 Å². The van der Waals surface area contributed by atoms with Crippen LogP contribution >= 0.6 is 0 Å². The molecule has 2 rings (SSSR count). The molecule has 2 heterocycles. The lowest BCUT2D eigenvalue weighted by molar-refractivity contribution is 0.339. The zero-order chi connectivity index (χ0) is 11.5. The van der Waals surface area contributed by atoms with E-state index in [-0.39, 0.29) is 0 Å². The number of aromatic nitrogens is 1. The molecule has 0 aromatic carbocycles. The maximum absolute atomic E-state index is 4.36. The van der Waals surface area contributed by atoms with Crippen molar-refractivity contribution in [2.45, 2.75) is 26.3 Å². The summed E-state index contributed by atoms with van der Waals surface area (Å²) in [6, 6.07) is 4.92. The summed E-state index contributed by atoms with van der Waals surface area (Å²) in [6.07, 6.45) is 3.20. The van der Waals surface area contributed by atoms with E-state index in [9.17, 15) is 0 Å². The Morgan fingerprint density at radius 2 is 2.25 bits per heavy atom. The topological polar surface area (TPSA) is 28.2 Å². The summed E-state index contributed by atoms with van der Waals surface area (Å²) in [5.74, 6) is 0.694. The van der Waals surface area contributed by atoms with Crippen LogP contribution in [0.4, 0.5) is 5.69 Å². The first kappa shape index (κ1) is 11.4. The van der Waals surface area contributed by atoms with E-state index in [1.54, 1.807) is 0 Å². The molecule has 1 N–H and O–H groups in total. The number of piperidine rings is 1. The average molecular weight is 219 g/mol. The summed E-state index contributed by atoms with van der Waals surface area (Å²) in [5, 5.41) is 3.39. The fraction of sp³-hybridized carbons (Fsp3) is 0.615. The second-order valence-electron chi connectivity index (χ2n) is 4.76. The van der Waals surface area contributed by atoms with Crippen LogP contribution in [0.1, 0.15) is 19.0 Å². The van der Waals surface area contributed by atoms with Gasteiger partial charge in [0.2, 0.25) is 0 Å². The number of pyridine rings is 1. The molecule has 2 atom stereocenters. The first-order chi connectivity index (χ1) is 7.70. The fourth-order valence-corrected chi connectivity index (χ4v) is 2.46. The van der Waals surface area contributed by atoms with Gasteiger partial charge in [0, 0.05) is 24.8 Å². The Kier molecular flexibility index (Phi) is 3.44. The van der Waals surface area contributed by atoms with Crippen molar-refractivity contribution in [3.05, 3.63) is 24.0 Å². The molecule has 3 heteroatoms. The number of anilines is 1. The van der Waals surface area contributed by atoms with Crippen LogP contribution < -0.4 is 10.2 Å². The zero-order valence-corrected chi connectivity index (χ0v) is 10.4. The summed E-state index contributed by atoms with van der Waals surface area (Å²) in [5.41, 5.74) is 2.34. The van der Waals surface area contributed by atoms with E-state index in [1.165, 1.54) is 12.1 Å². The zero-order valence-electron chi connectivity index (χ0n) is 10.4. The maximum atomic E-state index is 4.36. The van der Waals surface area contributed by atoms with Gasteiger partial charge in [-0.1, -0.05) is 6.92 Å². The van der Waals surface area contributed by atoms with Gasteiger partial charge in [-0.05, 0) is 38.4 Å². The summed E-state index contributed by atoms with van der Waals surface area (Å²) in [6.45, 7) is 6.59. The molecule has 1 aromatic heterocycles. The largest absolute Gasteiger partial charge is 0.370 e. The third-order valence-electron chi connectivity index (χ3n) is 3.54. The molecule has 0 aliphatic carbocycles. The summed E-state index contributed by atoms with van der Waals surface area (Å²) >= 11 is 0. The standard InChI is InChI=1S/C13H21N3/c1-10-9-16(7-6-13(10)14-3)12-5-4-11(2)15-8-12/h4-5,8,10,13-14H,6-7,9H2,1-3H3. The van der Waals surface area contributed by atoms with Crippen molar-refractivity contribution in [3.8, 4) is 0 Å². The van der Waals surface area contributed by atoms with E-state index in [4.69, 9.17) is 0 Å². The lowest BCUT2D eigenvalue weighted by atomic mass is 9.94. The van der Waals surface area contributed by atoms with E-state index in [1.807, 2.05) is 13.1 Å². The second-order valence-corrected chi connectivity index (χ2v) is 4.76. The molecule has 2 unspecified atom stereocenters. The molecule has 1 aliphatic heterocycles. The van der Waals surface area contributed by atoms with Gasteiger partial charge in [-0.25, -0.2) is 0 Å². The SMILES string of the molecule is CNC1CCN(c2ccc(C)nc2)CC1C. The van der Waals surface area contributed by atoms with E-state index in [0.717, 1.165) is 18.8 Å². The smallest absolute Gasteiger partial charge is 0.0553 e. The van der Waals surface area contributed by atoms with Gasteiger partial charge < -0.3 is 10.2 Å². The maximum Gasteiger partial charge on any atom is 0.0553 e. The van der Waals surface area contributed by atoms with Crippen molar-refractivity contribution in [2.24, 2.45) is 5.92 Å². The third-order valence-corrected chi connectivity index (χ3v) is 3.54. The molecule has 0 amide bonds. The average Bonchev–Trinajstić information content (AvgIpc) is 2.30. The van der Waals surface area contributed by atoms with Crippen LogP contribution in [0.2, 0.25) is 0 Å². The van der Waals surface area contributed by atoms with Gasteiger partial charge in [0.05, 0.1) is 11.9 Å². The van der Waals surface area contributed by atoms with Crippen LogP contribution in [0.15, 0.2) is 18.3 Å². The van der Waals surface area contributed by atoms with Crippen LogP contribution in [0.5, 0.6) is 0 Å². The number of nitrogens with zero attached hydrogens (tertiary/aromatic N) is 2. The first-order valence-corrected chi connectivity index (χ1v) is 6.05. The molecule has 1 aliphatic rings. The summed E-state index contributed by atoms with van der Waals surface area (Å²) in [4.78, 5) is 6.80. The summed E-state index contributed by atoms with van der Waals surface area (Å²) < 4.78 is 0. The Morgan fingerprint density at radius 3 is 2.81 bits per heavy atom. The van der Waals surface area contributed by atoms with Crippen molar-refractivity contribution < 1.29 is 0 Å². The van der Waals surface area contributed by atoms with Gasteiger partial charge in [0.25, 0.3) is 0 Å². The van der Waals surface area contributed by atoms with Crippen molar-refractivity contribution in [2.75, 3.05) is 25.0 Å². The van der Waals surface area contributed by atoms with Crippen molar-refractivity contribution in [1.82, 2.24) is 10.3 Å². The lowest BCUT2D eigenvalue weighted by Gasteiger charge is -2.38. The van der Waals surface area contributed by atoms with Crippen LogP contribution in [0, 0.1) is 12.8 Å². The van der Waals surface area contributed by atoms with Gasteiger partial charge in [-0.2, -0.15) is 0 Å². The predicted molar refractivity (Wildman–Crippen MR) is 67.8 cm³/mol. The van der Waals surface area contributed by atoms with Crippen molar-refractivity contribution >= 4 is 5.69 Å². The normalized spacial score (nSPS) is 25.8. The molecular weight excluding hydrogens is 198 g/mol. The molecule has 0 saturated carbocycles. The highest BCUT2D eigenvalue weighted by Crippen LogP contribution is 2.22. The number of aryl methyl sites for hydroxylation is 1. The molecule has 0 spiro atoms. The molecule has 3 nitrogen and oxygen atoms in total. The predicted octanol–water partition coefficient (Wildman–Crippen LogP) is 1.82. The lowest BCUT2D eigenvalue weighted by Crippen LogP contribution is -2.47. The van der Waals surface area contributed by atoms with Gasteiger partial charge in [0.1, 0.15) is 0 Å². The van der Waals surface area contributed by atoms with Crippen molar-refractivity contribution in [1.29, 1.82) is 0 Å². The van der Waals surface area contributed by atoms with Gasteiger partial charge in [-0.3, -0.25) is 4.98 Å². The van der Waals surface area contributed by atoms with Crippen LogP contribution in [-0.2, 0) is 0 Å². The first-order valence-electron chi connectivity index (χ1n) is 6.05. The Bertz CT molecular complexity index is 334. The quantitative estimate of drug-likeness (QED) is 0.822. The number of rotatable bonds is 2. The Hall–Kier alpha value is -1.09. The molecule has 16 heavy (non-hydrogen) atoms. The Labute approximate surface area is 97.9 Å². The number of nitrogens with one attached hydrogen (secondary N) is 1. The highest BCUT2D eigenvalue weighted by Gasteiger charge is 2.24. The van der Waals surface area contributed by atoms with Crippen LogP contribution in [0.25, 0.3) is 0 Å². The molecule has 1 saturated heterocycles. The molecule has 1 aromatic rings. The van der Waals surface area contributed by atoms with Crippen LogP contribution in [0.3, 0.4) is 0 Å². The van der Waals surface area contributed by atoms with Gasteiger partial charge in [-0.15, -0.1) is 0 Å². The molecule has 88 valence electrons. The third kappa shape index (κ3) is 2.35. The minimum atomic E-state index is 0.662. The van der Waals surface area contributed by atoms with Crippen LogP contribution in [-0.4, -0.2) is 31.2 Å². The second kappa shape index (κ2) is 4.83.